The summed E-state index contributed by atoms with van der Waals surface area (Å²) in [6.07, 6.45) is -1.04. The molecule has 1 atom stereocenters. The van der Waals surface area contributed by atoms with E-state index in [2.05, 4.69) is 0 Å². The molecule has 0 aliphatic carbocycles. The number of carbonyl (C=O) groups excluding carboxylic acids is 2. The van der Waals surface area contributed by atoms with E-state index in [0.29, 0.717) is 6.29 Å². The first-order chi connectivity index (χ1) is 9.10. The minimum absolute atomic E-state index is 0.0342. The normalized spacial score (nSPS) is 14.1. The quantitative estimate of drug-likeness (QED) is 0.667. The van der Waals surface area contributed by atoms with Crippen molar-refractivity contribution in [2.24, 2.45) is 0 Å². The highest BCUT2D eigenvalue weighted by Gasteiger charge is 2.32. The second kappa shape index (κ2) is 5.46. The molecule has 1 aromatic rings. The van der Waals surface area contributed by atoms with Crippen molar-refractivity contribution in [3.8, 4) is 11.5 Å². The van der Waals surface area contributed by atoms with E-state index in [9.17, 15) is 14.7 Å². The van der Waals surface area contributed by atoms with Gasteiger partial charge in [0.25, 0.3) is 0 Å². The van der Waals surface area contributed by atoms with Crippen LogP contribution in [-0.2, 0) is 9.53 Å². The average molecular weight is 287 g/mol. The standard InChI is InChI=1S/C12H11ClO6/c1-2-17-12(16)9(15)8-7(13)3-6(4-14)10-11(8)19-5-18-10/h3-4,9,15H,2,5H2,1H3. The highest BCUT2D eigenvalue weighted by atomic mass is 35.5. The van der Waals surface area contributed by atoms with Crippen LogP contribution in [0.15, 0.2) is 6.07 Å². The van der Waals surface area contributed by atoms with E-state index >= 15 is 0 Å². The van der Waals surface area contributed by atoms with Gasteiger partial charge in [0.2, 0.25) is 6.79 Å². The fourth-order valence-electron chi connectivity index (χ4n) is 1.76. The highest BCUT2D eigenvalue weighted by Crippen LogP contribution is 2.45. The van der Waals surface area contributed by atoms with Crippen LogP contribution < -0.4 is 9.47 Å². The summed E-state index contributed by atoms with van der Waals surface area (Å²) in [7, 11) is 0. The molecule has 7 heteroatoms. The summed E-state index contributed by atoms with van der Waals surface area (Å²) in [6.45, 7) is 1.63. The molecule has 1 aromatic carbocycles. The fourth-order valence-corrected chi connectivity index (χ4v) is 2.07. The lowest BCUT2D eigenvalue weighted by Crippen LogP contribution is -2.16. The van der Waals surface area contributed by atoms with Crippen LogP contribution in [0.3, 0.4) is 0 Å². The number of fused-ring (bicyclic) bond motifs is 1. The van der Waals surface area contributed by atoms with Gasteiger partial charge in [-0.1, -0.05) is 11.6 Å². The monoisotopic (exact) mass is 286 g/mol. The maximum Gasteiger partial charge on any atom is 0.339 e. The van der Waals surface area contributed by atoms with Crippen molar-refractivity contribution < 1.29 is 28.9 Å². The number of aliphatic hydroxyl groups is 1. The van der Waals surface area contributed by atoms with Crippen LogP contribution >= 0.6 is 11.6 Å². The van der Waals surface area contributed by atoms with E-state index in [4.69, 9.17) is 25.8 Å². The summed E-state index contributed by atoms with van der Waals surface area (Å²) in [5.41, 5.74) is 0.232. The molecule has 1 aliphatic heterocycles. The third-order valence-corrected chi connectivity index (χ3v) is 2.88. The number of carbonyl (C=O) groups is 2. The lowest BCUT2D eigenvalue weighted by atomic mass is 10.0. The van der Waals surface area contributed by atoms with E-state index in [1.807, 2.05) is 0 Å². The minimum Gasteiger partial charge on any atom is -0.464 e. The van der Waals surface area contributed by atoms with Crippen LogP contribution in [0.25, 0.3) is 0 Å². The van der Waals surface area contributed by atoms with E-state index in [0.717, 1.165) is 0 Å². The zero-order valence-electron chi connectivity index (χ0n) is 10.0. The number of aliphatic hydroxyl groups excluding tert-OH is 1. The predicted octanol–water partition coefficient (Wildman–Crippen LogP) is 1.48. The van der Waals surface area contributed by atoms with Crippen molar-refractivity contribution >= 4 is 23.9 Å². The Hall–Kier alpha value is -1.79. The van der Waals surface area contributed by atoms with Crippen LogP contribution in [0, 0.1) is 0 Å². The maximum atomic E-state index is 11.6. The zero-order chi connectivity index (χ0) is 14.0. The first-order valence-electron chi connectivity index (χ1n) is 5.52. The molecule has 1 heterocycles. The molecular formula is C12H11ClO6. The van der Waals surface area contributed by atoms with Gasteiger partial charge in [0, 0.05) is 0 Å². The number of esters is 1. The molecule has 1 unspecified atom stereocenters. The Morgan fingerprint density at radius 3 is 2.89 bits per heavy atom. The van der Waals surface area contributed by atoms with Crippen molar-refractivity contribution in [1.82, 2.24) is 0 Å². The fraction of sp³-hybridized carbons (Fsp3) is 0.333. The molecule has 0 fully saturated rings. The number of hydrogen-bond donors (Lipinski definition) is 1. The van der Waals surface area contributed by atoms with Crippen LogP contribution in [0.2, 0.25) is 5.02 Å². The number of rotatable bonds is 4. The minimum atomic E-state index is -1.59. The third kappa shape index (κ3) is 2.36. The van der Waals surface area contributed by atoms with Gasteiger partial charge in [-0.2, -0.15) is 0 Å². The topological polar surface area (TPSA) is 82.1 Å². The number of halogens is 1. The van der Waals surface area contributed by atoms with Crippen molar-refractivity contribution in [1.29, 1.82) is 0 Å². The maximum absolute atomic E-state index is 11.6. The van der Waals surface area contributed by atoms with Gasteiger partial charge in [-0.3, -0.25) is 4.79 Å². The average Bonchev–Trinajstić information content (AvgIpc) is 2.86. The first kappa shape index (κ1) is 13.6. The van der Waals surface area contributed by atoms with E-state index in [1.165, 1.54) is 6.07 Å². The summed E-state index contributed by atoms with van der Waals surface area (Å²) in [6, 6.07) is 1.31. The molecule has 0 amide bonds. The molecule has 1 aliphatic rings. The van der Waals surface area contributed by atoms with Gasteiger partial charge in [0.1, 0.15) is 0 Å². The van der Waals surface area contributed by atoms with Gasteiger partial charge in [0.15, 0.2) is 23.9 Å². The number of aldehydes is 1. The lowest BCUT2D eigenvalue weighted by molar-refractivity contribution is -0.153. The second-order valence-electron chi connectivity index (χ2n) is 3.70. The van der Waals surface area contributed by atoms with Gasteiger partial charge >= 0.3 is 5.97 Å². The largest absolute Gasteiger partial charge is 0.464 e. The Kier molecular flexibility index (Phi) is 3.92. The summed E-state index contributed by atoms with van der Waals surface area (Å²) in [5, 5.41) is 9.98. The van der Waals surface area contributed by atoms with Crippen molar-refractivity contribution in [3.63, 3.8) is 0 Å². The molecule has 0 saturated heterocycles. The van der Waals surface area contributed by atoms with Gasteiger partial charge in [-0.05, 0) is 13.0 Å². The van der Waals surface area contributed by atoms with Gasteiger partial charge in [-0.25, -0.2) is 4.79 Å². The molecule has 102 valence electrons. The van der Waals surface area contributed by atoms with Crippen LogP contribution in [0.4, 0.5) is 0 Å². The third-order valence-electron chi connectivity index (χ3n) is 2.57. The molecule has 2 rings (SSSR count). The smallest absolute Gasteiger partial charge is 0.339 e. The van der Waals surface area contributed by atoms with Gasteiger partial charge in [0.05, 0.1) is 22.8 Å². The Bertz CT molecular complexity index is 527. The Balaban J connectivity index is 2.49. The lowest BCUT2D eigenvalue weighted by Gasteiger charge is -2.14. The summed E-state index contributed by atoms with van der Waals surface area (Å²) < 4.78 is 15.0. The summed E-state index contributed by atoms with van der Waals surface area (Å²) >= 11 is 5.97. The van der Waals surface area contributed by atoms with E-state index in [-0.39, 0.29) is 41.0 Å². The SMILES string of the molecule is CCOC(=O)C(O)c1c(Cl)cc(C=O)c2c1OCO2. The Labute approximate surface area is 113 Å². The molecule has 1 N–H and O–H groups in total. The summed E-state index contributed by atoms with van der Waals surface area (Å²) in [4.78, 5) is 22.4. The first-order valence-corrected chi connectivity index (χ1v) is 5.89. The number of benzene rings is 1. The van der Waals surface area contributed by atoms with E-state index in [1.54, 1.807) is 6.92 Å². The molecule has 0 aromatic heterocycles. The molecule has 6 nitrogen and oxygen atoms in total. The van der Waals surface area contributed by atoms with Crippen LogP contribution in [-0.4, -0.2) is 30.8 Å². The Morgan fingerprint density at radius 1 is 1.58 bits per heavy atom. The summed E-state index contributed by atoms with van der Waals surface area (Å²) in [5.74, 6) is -0.589. The van der Waals surface area contributed by atoms with Gasteiger partial charge in [-0.15, -0.1) is 0 Å². The highest BCUT2D eigenvalue weighted by molar-refractivity contribution is 6.32. The molecule has 0 saturated carbocycles. The number of hydrogen-bond acceptors (Lipinski definition) is 6. The van der Waals surface area contributed by atoms with Crippen molar-refractivity contribution in [2.45, 2.75) is 13.0 Å². The van der Waals surface area contributed by atoms with Crippen molar-refractivity contribution in [2.75, 3.05) is 13.4 Å². The Morgan fingerprint density at radius 2 is 2.26 bits per heavy atom. The molecule has 0 spiro atoms. The van der Waals surface area contributed by atoms with Gasteiger partial charge < -0.3 is 19.3 Å². The zero-order valence-corrected chi connectivity index (χ0v) is 10.8. The molecule has 19 heavy (non-hydrogen) atoms. The number of ether oxygens (including phenoxy) is 3. The van der Waals surface area contributed by atoms with E-state index < -0.39 is 12.1 Å². The second-order valence-corrected chi connectivity index (χ2v) is 4.11. The molecule has 0 bridgehead atoms. The van der Waals surface area contributed by atoms with Crippen LogP contribution in [0.1, 0.15) is 28.9 Å². The van der Waals surface area contributed by atoms with Crippen molar-refractivity contribution in [3.05, 3.63) is 22.2 Å². The predicted molar refractivity (Wildman–Crippen MR) is 64.6 cm³/mol. The molecular weight excluding hydrogens is 276 g/mol. The van der Waals surface area contributed by atoms with Crippen LogP contribution in [0.5, 0.6) is 11.5 Å². The molecule has 0 radical (unpaired) electrons.